The van der Waals surface area contributed by atoms with E-state index in [9.17, 15) is 8.78 Å². The summed E-state index contributed by atoms with van der Waals surface area (Å²) in [4.78, 5) is 0. The minimum Gasteiger partial charge on any atom is -0.431 e. The van der Waals surface area contributed by atoms with Crippen LogP contribution in [0.25, 0.3) is 0 Å². The first-order valence-corrected chi connectivity index (χ1v) is 8.87. The normalized spacial score (nSPS) is 21.4. The molecule has 0 radical (unpaired) electrons. The number of benzene rings is 1. The zero-order valence-corrected chi connectivity index (χ0v) is 14.9. The Labute approximate surface area is 141 Å². The highest BCUT2D eigenvalue weighted by Crippen LogP contribution is 2.40. The summed E-state index contributed by atoms with van der Waals surface area (Å²) in [6, 6.07) is 3.37. The average molecular weight is 401 g/mol. The molecule has 0 aromatic heterocycles. The Hall–Kier alpha value is -0.200. The predicted molar refractivity (Wildman–Crippen MR) is 88.9 cm³/mol. The van der Waals surface area contributed by atoms with E-state index in [1.165, 1.54) is 0 Å². The summed E-state index contributed by atoms with van der Waals surface area (Å²) >= 11 is 11.1. The molecule has 0 spiro atoms. The third-order valence-electron chi connectivity index (χ3n) is 3.19. The highest BCUT2D eigenvalue weighted by atomic mass is 79.9. The number of ether oxygens (including phenoxy) is 1. The van der Waals surface area contributed by atoms with Crippen LogP contribution in [0.2, 0.25) is 5.02 Å². The quantitative estimate of drug-likeness (QED) is 0.706. The molecule has 0 bridgehead atoms. The second kappa shape index (κ2) is 6.92. The van der Waals surface area contributed by atoms with Crippen molar-refractivity contribution in [3.05, 3.63) is 21.6 Å². The Morgan fingerprint density at radius 3 is 2.81 bits per heavy atom. The maximum atomic E-state index is 12.6. The number of hydrogen-bond acceptors (Lipinski definition) is 3. The zero-order valence-electron chi connectivity index (χ0n) is 11.8. The van der Waals surface area contributed by atoms with Gasteiger partial charge in [0.2, 0.25) is 0 Å². The van der Waals surface area contributed by atoms with Crippen molar-refractivity contribution in [2.45, 2.75) is 32.9 Å². The zero-order chi connectivity index (χ0) is 15.6. The van der Waals surface area contributed by atoms with Gasteiger partial charge in [-0.15, -0.1) is 0 Å². The molecule has 1 heterocycles. The number of anilines is 1. The molecule has 1 aliphatic rings. The number of hydrogen-bond donors (Lipinski definition) is 1. The molecular formula is C14H17BrClF2NOS. The van der Waals surface area contributed by atoms with E-state index in [1.54, 1.807) is 12.1 Å². The third-order valence-corrected chi connectivity index (χ3v) is 5.62. The van der Waals surface area contributed by atoms with Crippen molar-refractivity contribution in [2.24, 2.45) is 5.41 Å². The summed E-state index contributed by atoms with van der Waals surface area (Å²) in [5.74, 6) is 2.13. The van der Waals surface area contributed by atoms with E-state index in [1.807, 2.05) is 11.8 Å². The lowest BCUT2D eigenvalue weighted by Gasteiger charge is -2.35. The first-order chi connectivity index (χ1) is 9.77. The topological polar surface area (TPSA) is 21.3 Å². The minimum absolute atomic E-state index is 0.0998. The lowest BCUT2D eigenvalue weighted by atomic mass is 9.88. The lowest BCUT2D eigenvalue weighted by Crippen LogP contribution is -2.35. The molecule has 1 atom stereocenters. The average Bonchev–Trinajstić information content (AvgIpc) is 2.32. The summed E-state index contributed by atoms with van der Waals surface area (Å²) in [5.41, 5.74) is 0.720. The Morgan fingerprint density at radius 1 is 1.48 bits per heavy atom. The van der Waals surface area contributed by atoms with Crippen molar-refractivity contribution >= 4 is 45.0 Å². The molecule has 2 nitrogen and oxygen atoms in total. The van der Waals surface area contributed by atoms with E-state index in [-0.39, 0.29) is 17.2 Å². The van der Waals surface area contributed by atoms with Crippen molar-refractivity contribution in [2.75, 3.05) is 16.8 Å². The van der Waals surface area contributed by atoms with Crippen LogP contribution in [-0.2, 0) is 0 Å². The molecule has 1 aromatic rings. The Bertz CT molecular complexity index is 516. The summed E-state index contributed by atoms with van der Waals surface area (Å²) in [7, 11) is 0. The van der Waals surface area contributed by atoms with E-state index >= 15 is 0 Å². The second-order valence-corrected chi connectivity index (χ2v) is 8.19. The maximum Gasteiger partial charge on any atom is 0.387 e. The predicted octanol–water partition coefficient (Wildman–Crippen LogP) is 5.65. The molecule has 118 valence electrons. The van der Waals surface area contributed by atoms with Crippen LogP contribution in [0.5, 0.6) is 5.75 Å². The van der Waals surface area contributed by atoms with E-state index in [4.69, 9.17) is 11.6 Å². The summed E-state index contributed by atoms with van der Waals surface area (Å²) in [5, 5.41) is 3.76. The van der Waals surface area contributed by atoms with Gasteiger partial charge in [-0.3, -0.25) is 0 Å². The molecule has 2 rings (SSSR count). The highest BCUT2D eigenvalue weighted by Gasteiger charge is 2.29. The fourth-order valence-electron chi connectivity index (χ4n) is 2.45. The first kappa shape index (κ1) is 17.2. The first-order valence-electron chi connectivity index (χ1n) is 6.55. The number of alkyl halides is 2. The van der Waals surface area contributed by atoms with Gasteiger partial charge < -0.3 is 10.1 Å². The summed E-state index contributed by atoms with van der Waals surface area (Å²) < 4.78 is 30.2. The summed E-state index contributed by atoms with van der Waals surface area (Å²) in [6.07, 6.45) is 0.970. The van der Waals surface area contributed by atoms with Gasteiger partial charge in [-0.2, -0.15) is 20.5 Å². The number of thioether (sulfide) groups is 1. The molecule has 0 aliphatic carbocycles. The smallest absolute Gasteiger partial charge is 0.387 e. The molecule has 1 N–H and O–H groups in total. The molecule has 7 heteroatoms. The van der Waals surface area contributed by atoms with Gasteiger partial charge in [0.15, 0.2) is 5.75 Å². The van der Waals surface area contributed by atoms with E-state index in [2.05, 4.69) is 39.8 Å². The maximum absolute atomic E-state index is 12.6. The fourth-order valence-corrected chi connectivity index (χ4v) is 4.63. The number of nitrogens with one attached hydrogen (secondary N) is 1. The van der Waals surface area contributed by atoms with Crippen LogP contribution in [0, 0.1) is 5.41 Å². The van der Waals surface area contributed by atoms with Crippen LogP contribution in [0.4, 0.5) is 14.5 Å². The van der Waals surface area contributed by atoms with Crippen LogP contribution in [0.1, 0.15) is 20.3 Å². The van der Waals surface area contributed by atoms with E-state index in [0.717, 1.165) is 17.9 Å². The van der Waals surface area contributed by atoms with Gasteiger partial charge in [0, 0.05) is 16.8 Å². The Balaban J connectivity index is 2.22. The van der Waals surface area contributed by atoms with Crippen molar-refractivity contribution < 1.29 is 13.5 Å². The fraction of sp³-hybridized carbons (Fsp3) is 0.571. The highest BCUT2D eigenvalue weighted by molar-refractivity contribution is 9.10. The van der Waals surface area contributed by atoms with Gasteiger partial charge in [0.05, 0.1) is 10.2 Å². The van der Waals surface area contributed by atoms with Crippen LogP contribution < -0.4 is 10.1 Å². The van der Waals surface area contributed by atoms with Crippen LogP contribution in [0.3, 0.4) is 0 Å². The number of rotatable bonds is 4. The largest absolute Gasteiger partial charge is 0.431 e. The van der Waals surface area contributed by atoms with Crippen LogP contribution in [-0.4, -0.2) is 24.2 Å². The molecule has 21 heavy (non-hydrogen) atoms. The second-order valence-electron chi connectivity index (χ2n) is 5.87. The molecule has 1 unspecified atom stereocenters. The van der Waals surface area contributed by atoms with Crippen LogP contribution in [0.15, 0.2) is 16.6 Å². The molecule has 1 aromatic carbocycles. The van der Waals surface area contributed by atoms with Crippen molar-refractivity contribution in [1.82, 2.24) is 0 Å². The molecule has 1 aliphatic heterocycles. The van der Waals surface area contributed by atoms with Crippen LogP contribution >= 0.6 is 39.3 Å². The Kier molecular flexibility index (Phi) is 5.65. The third kappa shape index (κ3) is 4.89. The summed E-state index contributed by atoms with van der Waals surface area (Å²) in [6.45, 7) is 1.54. The van der Waals surface area contributed by atoms with Gasteiger partial charge in [-0.25, -0.2) is 0 Å². The van der Waals surface area contributed by atoms with Gasteiger partial charge in [0.1, 0.15) is 0 Å². The van der Waals surface area contributed by atoms with Gasteiger partial charge in [0.25, 0.3) is 0 Å². The molecule has 1 saturated heterocycles. The van der Waals surface area contributed by atoms with Crippen molar-refractivity contribution in [3.63, 3.8) is 0 Å². The van der Waals surface area contributed by atoms with E-state index < -0.39 is 6.61 Å². The van der Waals surface area contributed by atoms with Crippen molar-refractivity contribution in [1.29, 1.82) is 0 Å². The minimum atomic E-state index is -2.87. The number of halogens is 4. The lowest BCUT2D eigenvalue weighted by molar-refractivity contribution is -0.0499. The van der Waals surface area contributed by atoms with Gasteiger partial charge >= 0.3 is 6.61 Å². The molecule has 0 saturated carbocycles. The molecule has 1 fully saturated rings. The van der Waals surface area contributed by atoms with Gasteiger partial charge in [-0.05, 0) is 45.7 Å². The molecule has 0 amide bonds. The van der Waals surface area contributed by atoms with Gasteiger partial charge in [-0.1, -0.05) is 25.4 Å². The molecular weight excluding hydrogens is 384 g/mol. The monoisotopic (exact) mass is 399 g/mol. The SMILES string of the molecule is CC1(C)CSCC(Nc2cc(Cl)cc(Br)c2OC(F)F)C1. The van der Waals surface area contributed by atoms with Crippen molar-refractivity contribution in [3.8, 4) is 5.75 Å². The Morgan fingerprint density at radius 2 is 2.19 bits per heavy atom. The van der Waals surface area contributed by atoms with E-state index in [0.29, 0.717) is 15.2 Å². The standard InChI is InChI=1S/C14H17BrClF2NOS/c1-14(2)5-9(6-21-7-14)19-11-4-8(16)3-10(15)12(11)20-13(17)18/h3-4,9,13,19H,5-7H2,1-2H3.